The van der Waals surface area contributed by atoms with Gasteiger partial charge in [-0.1, -0.05) is 0 Å². The van der Waals surface area contributed by atoms with Crippen LogP contribution in [-0.4, -0.2) is 33.2 Å². The van der Waals surface area contributed by atoms with Gasteiger partial charge in [0.05, 0.1) is 17.9 Å². The number of nitrogens with one attached hydrogen (secondary N) is 4. The van der Waals surface area contributed by atoms with E-state index >= 15 is 0 Å². The molecule has 8 nitrogen and oxygen atoms in total. The number of carbonyl (C=O) groups is 1. The van der Waals surface area contributed by atoms with E-state index in [2.05, 4.69) is 20.6 Å². The summed E-state index contributed by atoms with van der Waals surface area (Å²) in [7, 11) is 0. The molecule has 8 heteroatoms. The normalized spacial score (nSPS) is 10.7. The Morgan fingerprint density at radius 3 is 2.63 bits per heavy atom. The van der Waals surface area contributed by atoms with E-state index in [1.165, 1.54) is 6.07 Å². The van der Waals surface area contributed by atoms with Crippen molar-refractivity contribution in [2.24, 2.45) is 0 Å². The van der Waals surface area contributed by atoms with Gasteiger partial charge in [0.2, 0.25) is 0 Å². The van der Waals surface area contributed by atoms with Crippen LogP contribution < -0.4 is 16.2 Å². The highest BCUT2D eigenvalue weighted by molar-refractivity contribution is 6.04. The lowest BCUT2D eigenvalue weighted by atomic mass is 10.1. The van der Waals surface area contributed by atoms with Crippen LogP contribution in [0.5, 0.6) is 0 Å². The van der Waals surface area contributed by atoms with Gasteiger partial charge in [-0.15, -0.1) is 0 Å². The number of aliphatic hydroxyl groups excluding tert-OH is 1. The summed E-state index contributed by atoms with van der Waals surface area (Å²) >= 11 is 0. The van der Waals surface area contributed by atoms with Crippen LogP contribution in [0, 0.1) is 19.3 Å². The van der Waals surface area contributed by atoms with Gasteiger partial charge in [0.1, 0.15) is 5.82 Å². The zero-order valence-corrected chi connectivity index (χ0v) is 15.9. The molecule has 5 N–H and O–H groups in total. The van der Waals surface area contributed by atoms with E-state index in [0.29, 0.717) is 22.6 Å². The predicted octanol–water partition coefficient (Wildman–Crippen LogP) is 1.63. The number of aryl methyl sites for hydroxylation is 2. The molecule has 0 aliphatic rings. The van der Waals surface area contributed by atoms with Crippen molar-refractivity contribution in [1.29, 1.82) is 5.41 Å². The Morgan fingerprint density at radius 2 is 2.07 bits per heavy atom. The zero-order valence-electron chi connectivity index (χ0n) is 15.9. The Labute approximate surface area is 157 Å². The number of aromatic amines is 1. The number of nitrogens with zero attached hydrogens (tertiary/aromatic N) is 1. The molecule has 0 aliphatic carbocycles. The number of hydrogen-bond acceptors (Lipinski definition) is 6. The molecule has 0 spiro atoms. The van der Waals surface area contributed by atoms with E-state index in [4.69, 9.17) is 5.41 Å². The molecule has 0 bridgehead atoms. The summed E-state index contributed by atoms with van der Waals surface area (Å²) in [5, 5.41) is 22.9. The first-order chi connectivity index (χ1) is 12.8. The lowest BCUT2D eigenvalue weighted by molar-refractivity contribution is 0.0950. The fourth-order valence-electron chi connectivity index (χ4n) is 2.77. The van der Waals surface area contributed by atoms with Gasteiger partial charge in [0.15, 0.2) is 0 Å². The number of rotatable bonds is 7. The van der Waals surface area contributed by atoms with Gasteiger partial charge in [0, 0.05) is 35.6 Å². The molecule has 2 heterocycles. The van der Waals surface area contributed by atoms with Crippen LogP contribution in [-0.2, 0) is 13.2 Å². The van der Waals surface area contributed by atoms with Crippen molar-refractivity contribution in [3.05, 3.63) is 56.1 Å². The SMILES string of the molecule is Cc1cc(C)c(CNC(=O)c2cc(CO)nc(NC(C)C)c2C=N)c(=O)[nH]1. The highest BCUT2D eigenvalue weighted by Gasteiger charge is 2.18. The van der Waals surface area contributed by atoms with Crippen LogP contribution in [0.25, 0.3) is 0 Å². The zero-order chi connectivity index (χ0) is 20.1. The van der Waals surface area contributed by atoms with E-state index < -0.39 is 5.91 Å². The molecule has 0 saturated carbocycles. The van der Waals surface area contributed by atoms with Gasteiger partial charge in [0.25, 0.3) is 11.5 Å². The van der Waals surface area contributed by atoms with Crippen LogP contribution in [0.4, 0.5) is 5.82 Å². The molecule has 0 saturated heterocycles. The first-order valence-corrected chi connectivity index (χ1v) is 8.66. The lowest BCUT2D eigenvalue weighted by Crippen LogP contribution is -2.29. The largest absolute Gasteiger partial charge is 0.390 e. The summed E-state index contributed by atoms with van der Waals surface area (Å²) in [6.45, 7) is 7.15. The molecule has 2 aromatic heterocycles. The van der Waals surface area contributed by atoms with E-state index in [9.17, 15) is 14.7 Å². The highest BCUT2D eigenvalue weighted by atomic mass is 16.3. The molecule has 0 atom stereocenters. The maximum absolute atomic E-state index is 12.7. The molecule has 0 fully saturated rings. The quantitative estimate of drug-likeness (QED) is 0.472. The molecule has 27 heavy (non-hydrogen) atoms. The van der Waals surface area contributed by atoms with Gasteiger partial charge in [-0.05, 0) is 45.4 Å². The van der Waals surface area contributed by atoms with Crippen molar-refractivity contribution in [3.63, 3.8) is 0 Å². The minimum atomic E-state index is -0.447. The van der Waals surface area contributed by atoms with Crippen LogP contribution in [0.1, 0.15) is 52.3 Å². The van der Waals surface area contributed by atoms with Crippen molar-refractivity contribution in [2.75, 3.05) is 5.32 Å². The predicted molar refractivity (Wildman–Crippen MR) is 105 cm³/mol. The standard InChI is InChI=1S/C19H25N5O3/c1-10(2)22-17-15(7-20)14(6-13(9-25)24-17)18(26)21-8-16-11(3)5-12(4)23-19(16)27/h5-7,10,20,25H,8-9H2,1-4H3,(H,21,26)(H,22,24)(H,23,27). The second-order valence-electron chi connectivity index (χ2n) is 6.65. The number of aromatic nitrogens is 2. The summed E-state index contributed by atoms with van der Waals surface area (Å²) in [6, 6.07) is 3.33. The van der Waals surface area contributed by atoms with E-state index in [1.54, 1.807) is 6.92 Å². The molecular weight excluding hydrogens is 346 g/mol. The van der Waals surface area contributed by atoms with Crippen LogP contribution >= 0.6 is 0 Å². The van der Waals surface area contributed by atoms with Gasteiger partial charge < -0.3 is 26.1 Å². The van der Waals surface area contributed by atoms with E-state index in [-0.39, 0.29) is 30.3 Å². The smallest absolute Gasteiger partial charge is 0.253 e. The van der Waals surface area contributed by atoms with Gasteiger partial charge >= 0.3 is 0 Å². The number of H-pyrrole nitrogens is 1. The topological polar surface area (TPSA) is 131 Å². The number of aliphatic hydroxyl groups is 1. The third-order valence-corrected chi connectivity index (χ3v) is 4.01. The first kappa shape index (κ1) is 20.3. The average Bonchev–Trinajstić information content (AvgIpc) is 2.59. The summed E-state index contributed by atoms with van der Waals surface area (Å²) in [5.41, 5.74) is 2.64. The maximum Gasteiger partial charge on any atom is 0.253 e. The molecule has 2 aromatic rings. The Bertz CT molecular complexity index is 918. The first-order valence-electron chi connectivity index (χ1n) is 8.66. The Morgan fingerprint density at radius 1 is 1.37 bits per heavy atom. The monoisotopic (exact) mass is 371 g/mol. The van der Waals surface area contributed by atoms with Gasteiger partial charge in [-0.25, -0.2) is 4.98 Å². The number of pyridine rings is 2. The lowest BCUT2D eigenvalue weighted by Gasteiger charge is -2.16. The maximum atomic E-state index is 12.7. The third kappa shape index (κ3) is 4.79. The Hall–Kier alpha value is -3.00. The second kappa shape index (κ2) is 8.59. The minimum Gasteiger partial charge on any atom is -0.390 e. The summed E-state index contributed by atoms with van der Waals surface area (Å²) in [4.78, 5) is 31.8. The number of hydrogen-bond donors (Lipinski definition) is 5. The molecule has 0 aromatic carbocycles. The van der Waals surface area contributed by atoms with Gasteiger partial charge in [-0.3, -0.25) is 9.59 Å². The summed E-state index contributed by atoms with van der Waals surface area (Å²) in [5.74, 6) is -0.0853. The number of amides is 1. The fraction of sp³-hybridized carbons (Fsp3) is 0.368. The van der Waals surface area contributed by atoms with Crippen molar-refractivity contribution >= 4 is 17.9 Å². The van der Waals surface area contributed by atoms with E-state index in [1.807, 2.05) is 26.8 Å². The molecule has 0 unspecified atom stereocenters. The summed E-state index contributed by atoms with van der Waals surface area (Å²) < 4.78 is 0. The van der Waals surface area contributed by atoms with E-state index in [0.717, 1.165) is 17.5 Å². The molecule has 144 valence electrons. The van der Waals surface area contributed by atoms with Gasteiger partial charge in [-0.2, -0.15) is 0 Å². The van der Waals surface area contributed by atoms with Crippen molar-refractivity contribution in [3.8, 4) is 0 Å². The Balaban J connectivity index is 2.35. The van der Waals surface area contributed by atoms with Crippen LogP contribution in [0.3, 0.4) is 0 Å². The average molecular weight is 371 g/mol. The third-order valence-electron chi connectivity index (χ3n) is 4.01. The fourth-order valence-corrected chi connectivity index (χ4v) is 2.77. The molecule has 0 aliphatic heterocycles. The second-order valence-corrected chi connectivity index (χ2v) is 6.65. The number of carbonyl (C=O) groups excluding carboxylic acids is 1. The van der Waals surface area contributed by atoms with Crippen LogP contribution in [0.2, 0.25) is 0 Å². The van der Waals surface area contributed by atoms with Crippen molar-refractivity contribution in [2.45, 2.75) is 46.9 Å². The Kier molecular flexibility index (Phi) is 6.46. The molecule has 1 amide bonds. The molecule has 0 radical (unpaired) electrons. The van der Waals surface area contributed by atoms with Crippen molar-refractivity contribution < 1.29 is 9.90 Å². The van der Waals surface area contributed by atoms with Crippen LogP contribution in [0.15, 0.2) is 16.9 Å². The summed E-state index contributed by atoms with van der Waals surface area (Å²) in [6.07, 6.45) is 1.05. The molecule has 2 rings (SSSR count). The minimum absolute atomic E-state index is 0.0369. The molecular formula is C19H25N5O3. The van der Waals surface area contributed by atoms with Crippen molar-refractivity contribution in [1.82, 2.24) is 15.3 Å². The number of anilines is 1. The highest BCUT2D eigenvalue weighted by Crippen LogP contribution is 2.19.